The minimum atomic E-state index is -0.0182. The molecule has 0 radical (unpaired) electrons. The van der Waals surface area contributed by atoms with Crippen LogP contribution < -0.4 is 11.1 Å². The Bertz CT molecular complexity index is 172. The van der Waals surface area contributed by atoms with Crippen molar-refractivity contribution in [3.63, 3.8) is 0 Å². The summed E-state index contributed by atoms with van der Waals surface area (Å²) in [6.07, 6.45) is 2.15. The molecule has 0 aromatic rings. The van der Waals surface area contributed by atoms with E-state index < -0.39 is 0 Å². The monoisotopic (exact) mass is 218 g/mol. The Balaban J connectivity index is 2.06. The van der Waals surface area contributed by atoms with E-state index in [0.29, 0.717) is 19.2 Å². The van der Waals surface area contributed by atoms with Crippen molar-refractivity contribution in [3.05, 3.63) is 0 Å². The van der Waals surface area contributed by atoms with E-state index in [-0.39, 0.29) is 12.5 Å². The Kier molecular flexibility index (Phi) is 5.98. The van der Waals surface area contributed by atoms with Crippen molar-refractivity contribution < 1.29 is 9.53 Å². The average Bonchev–Trinajstić information content (AvgIpc) is 2.20. The number of thioether (sulfide) groups is 1. The van der Waals surface area contributed by atoms with Gasteiger partial charge in [0, 0.05) is 12.6 Å². The van der Waals surface area contributed by atoms with Crippen molar-refractivity contribution in [1.29, 1.82) is 0 Å². The van der Waals surface area contributed by atoms with Gasteiger partial charge in [0.25, 0.3) is 0 Å². The first-order valence-electron chi connectivity index (χ1n) is 4.98. The zero-order chi connectivity index (χ0) is 10.2. The molecule has 1 heterocycles. The lowest BCUT2D eigenvalue weighted by molar-refractivity contribution is -0.126. The molecule has 1 saturated heterocycles. The molecule has 0 bridgehead atoms. The number of hydrogen-bond donors (Lipinski definition) is 2. The van der Waals surface area contributed by atoms with Gasteiger partial charge in [-0.05, 0) is 24.3 Å². The molecule has 0 aromatic heterocycles. The molecular weight excluding hydrogens is 200 g/mol. The molecule has 1 fully saturated rings. The zero-order valence-electron chi connectivity index (χ0n) is 8.33. The Labute approximate surface area is 88.9 Å². The molecule has 4 nitrogen and oxygen atoms in total. The molecule has 1 amide bonds. The van der Waals surface area contributed by atoms with Crippen molar-refractivity contribution >= 4 is 17.7 Å². The molecule has 1 aliphatic rings. The number of ether oxygens (including phenoxy) is 1. The van der Waals surface area contributed by atoms with Crippen LogP contribution in [0, 0.1) is 0 Å². The van der Waals surface area contributed by atoms with E-state index >= 15 is 0 Å². The van der Waals surface area contributed by atoms with Crippen LogP contribution >= 0.6 is 11.8 Å². The predicted molar refractivity (Wildman–Crippen MR) is 58.4 cm³/mol. The van der Waals surface area contributed by atoms with Crippen LogP contribution in [0.1, 0.15) is 12.8 Å². The van der Waals surface area contributed by atoms with Gasteiger partial charge in [0.1, 0.15) is 6.61 Å². The van der Waals surface area contributed by atoms with Crippen LogP contribution in [-0.4, -0.2) is 43.2 Å². The molecule has 14 heavy (non-hydrogen) atoms. The molecule has 0 unspecified atom stereocenters. The van der Waals surface area contributed by atoms with E-state index in [1.54, 1.807) is 0 Å². The van der Waals surface area contributed by atoms with Crippen LogP contribution in [0.25, 0.3) is 0 Å². The highest BCUT2D eigenvalue weighted by atomic mass is 32.2. The van der Waals surface area contributed by atoms with Crippen molar-refractivity contribution in [2.45, 2.75) is 18.9 Å². The second-order valence-electron chi connectivity index (χ2n) is 3.30. The van der Waals surface area contributed by atoms with E-state index in [4.69, 9.17) is 10.5 Å². The third-order valence-electron chi connectivity index (χ3n) is 2.08. The standard InChI is InChI=1S/C9H18N2O2S/c10-3-4-13-7-9(12)11-8-1-5-14-6-2-8/h8H,1-7,10H2,(H,11,12). The number of nitrogens with one attached hydrogen (secondary N) is 1. The largest absolute Gasteiger partial charge is 0.370 e. The van der Waals surface area contributed by atoms with Gasteiger partial charge >= 0.3 is 0 Å². The average molecular weight is 218 g/mol. The molecule has 82 valence electrons. The SMILES string of the molecule is NCCOCC(=O)NC1CCSCC1. The number of hydrogen-bond acceptors (Lipinski definition) is 4. The van der Waals surface area contributed by atoms with Crippen LogP contribution in [0.4, 0.5) is 0 Å². The maximum absolute atomic E-state index is 11.3. The summed E-state index contributed by atoms with van der Waals surface area (Å²) in [5.74, 6) is 2.28. The Morgan fingerprint density at radius 3 is 2.86 bits per heavy atom. The van der Waals surface area contributed by atoms with Crippen molar-refractivity contribution in [2.24, 2.45) is 5.73 Å². The first kappa shape index (κ1) is 11.8. The van der Waals surface area contributed by atoms with Gasteiger partial charge < -0.3 is 15.8 Å². The predicted octanol–water partition coefficient (Wildman–Crippen LogP) is -0.0265. The minimum Gasteiger partial charge on any atom is -0.370 e. The third kappa shape index (κ3) is 4.83. The molecule has 0 saturated carbocycles. The quantitative estimate of drug-likeness (QED) is 0.636. The first-order valence-corrected chi connectivity index (χ1v) is 6.13. The summed E-state index contributed by atoms with van der Waals surface area (Å²) in [5.41, 5.74) is 5.24. The van der Waals surface area contributed by atoms with Gasteiger partial charge in [0.15, 0.2) is 0 Å². The van der Waals surface area contributed by atoms with Crippen LogP contribution in [-0.2, 0) is 9.53 Å². The molecular formula is C9H18N2O2S. The van der Waals surface area contributed by atoms with Crippen LogP contribution in [0.2, 0.25) is 0 Å². The number of nitrogens with two attached hydrogens (primary N) is 1. The van der Waals surface area contributed by atoms with E-state index in [0.717, 1.165) is 24.3 Å². The summed E-state index contributed by atoms with van der Waals surface area (Å²) in [4.78, 5) is 11.3. The lowest BCUT2D eigenvalue weighted by Gasteiger charge is -2.22. The fourth-order valence-electron chi connectivity index (χ4n) is 1.36. The van der Waals surface area contributed by atoms with Gasteiger partial charge in [-0.2, -0.15) is 11.8 Å². The summed E-state index contributed by atoms with van der Waals surface area (Å²) in [5, 5.41) is 2.96. The lowest BCUT2D eigenvalue weighted by Crippen LogP contribution is -2.39. The summed E-state index contributed by atoms with van der Waals surface area (Å²) < 4.78 is 5.04. The maximum atomic E-state index is 11.3. The van der Waals surface area contributed by atoms with E-state index in [9.17, 15) is 4.79 Å². The Morgan fingerprint density at radius 1 is 1.50 bits per heavy atom. The van der Waals surface area contributed by atoms with Crippen LogP contribution in [0.5, 0.6) is 0 Å². The highest BCUT2D eigenvalue weighted by Gasteiger charge is 2.15. The lowest BCUT2D eigenvalue weighted by atomic mass is 10.1. The smallest absolute Gasteiger partial charge is 0.246 e. The van der Waals surface area contributed by atoms with Crippen molar-refractivity contribution in [1.82, 2.24) is 5.32 Å². The Hall–Kier alpha value is -0.260. The maximum Gasteiger partial charge on any atom is 0.246 e. The van der Waals surface area contributed by atoms with Crippen LogP contribution in [0.3, 0.4) is 0 Å². The van der Waals surface area contributed by atoms with E-state index in [1.165, 1.54) is 0 Å². The molecule has 1 aliphatic heterocycles. The van der Waals surface area contributed by atoms with E-state index in [1.807, 2.05) is 11.8 Å². The molecule has 3 N–H and O–H groups in total. The highest BCUT2D eigenvalue weighted by molar-refractivity contribution is 7.99. The van der Waals surface area contributed by atoms with Crippen LogP contribution in [0.15, 0.2) is 0 Å². The molecule has 0 aromatic carbocycles. The highest BCUT2D eigenvalue weighted by Crippen LogP contribution is 2.16. The number of rotatable bonds is 5. The second-order valence-corrected chi connectivity index (χ2v) is 4.52. The minimum absolute atomic E-state index is 0.0182. The molecule has 1 rings (SSSR count). The molecule has 0 aliphatic carbocycles. The van der Waals surface area contributed by atoms with Crippen molar-refractivity contribution in [3.8, 4) is 0 Å². The molecule has 0 atom stereocenters. The number of amides is 1. The van der Waals surface area contributed by atoms with Gasteiger partial charge in [-0.15, -0.1) is 0 Å². The van der Waals surface area contributed by atoms with Gasteiger partial charge in [0.2, 0.25) is 5.91 Å². The normalized spacial score (nSPS) is 18.1. The van der Waals surface area contributed by atoms with Gasteiger partial charge in [0.05, 0.1) is 6.61 Å². The molecule has 0 spiro atoms. The zero-order valence-corrected chi connectivity index (χ0v) is 9.15. The number of carbonyl (C=O) groups is 1. The van der Waals surface area contributed by atoms with Gasteiger partial charge in [-0.1, -0.05) is 0 Å². The summed E-state index contributed by atoms with van der Waals surface area (Å²) in [6, 6.07) is 0.352. The summed E-state index contributed by atoms with van der Waals surface area (Å²) >= 11 is 1.95. The fourth-order valence-corrected chi connectivity index (χ4v) is 2.47. The summed E-state index contributed by atoms with van der Waals surface area (Å²) in [6.45, 7) is 1.06. The summed E-state index contributed by atoms with van der Waals surface area (Å²) in [7, 11) is 0. The Morgan fingerprint density at radius 2 is 2.21 bits per heavy atom. The topological polar surface area (TPSA) is 64.3 Å². The van der Waals surface area contributed by atoms with Crippen molar-refractivity contribution in [2.75, 3.05) is 31.3 Å². The number of carbonyl (C=O) groups excluding carboxylic acids is 1. The molecule has 5 heteroatoms. The first-order chi connectivity index (χ1) is 6.83. The fraction of sp³-hybridized carbons (Fsp3) is 0.889. The van der Waals surface area contributed by atoms with Gasteiger partial charge in [-0.3, -0.25) is 4.79 Å². The van der Waals surface area contributed by atoms with E-state index in [2.05, 4.69) is 5.32 Å². The third-order valence-corrected chi connectivity index (χ3v) is 3.13. The second kappa shape index (κ2) is 7.09. The van der Waals surface area contributed by atoms with Gasteiger partial charge in [-0.25, -0.2) is 0 Å².